The molecule has 1 aromatic rings. The number of likely N-dealkylation sites (tertiary alicyclic amines) is 1. The number of hydrogen-bond acceptors (Lipinski definition) is 4. The quantitative estimate of drug-likeness (QED) is 0.859. The smallest absolute Gasteiger partial charge is 0.337 e. The molecule has 19 heavy (non-hydrogen) atoms. The first kappa shape index (κ1) is 14.0. The number of nitrogens with zero attached hydrogens (tertiary/aromatic N) is 2. The van der Waals surface area contributed by atoms with E-state index in [0.29, 0.717) is 18.2 Å². The van der Waals surface area contributed by atoms with Crippen molar-refractivity contribution >= 4 is 5.97 Å². The van der Waals surface area contributed by atoms with E-state index in [0.717, 1.165) is 25.9 Å². The lowest BCUT2D eigenvalue weighted by Crippen LogP contribution is -2.37. The van der Waals surface area contributed by atoms with E-state index < -0.39 is 5.97 Å². The molecule has 0 bridgehead atoms. The van der Waals surface area contributed by atoms with E-state index in [4.69, 9.17) is 5.11 Å². The van der Waals surface area contributed by atoms with Gasteiger partial charge in [-0.05, 0) is 50.9 Å². The third kappa shape index (κ3) is 3.52. The summed E-state index contributed by atoms with van der Waals surface area (Å²) in [5.41, 5.74) is 0.894. The summed E-state index contributed by atoms with van der Waals surface area (Å²) >= 11 is 0. The summed E-state index contributed by atoms with van der Waals surface area (Å²) in [5.74, 6) is -0.569. The summed E-state index contributed by atoms with van der Waals surface area (Å²) in [6.07, 6.45) is 3.27. The molecule has 5 heteroatoms. The van der Waals surface area contributed by atoms with Crippen LogP contribution in [0, 0.1) is 5.92 Å². The monoisotopic (exact) mass is 264 g/mol. The number of carboxylic acids is 1. The number of hydrogen-bond donors (Lipinski definition) is 2. The number of aliphatic hydroxyl groups excluding tert-OH is 1. The highest BCUT2D eigenvalue weighted by molar-refractivity contribution is 5.88. The van der Waals surface area contributed by atoms with E-state index in [-0.39, 0.29) is 11.7 Å². The van der Waals surface area contributed by atoms with Gasteiger partial charge in [0.2, 0.25) is 0 Å². The van der Waals surface area contributed by atoms with Crippen LogP contribution in [0.25, 0.3) is 0 Å². The lowest BCUT2D eigenvalue weighted by molar-refractivity contribution is 0.0668. The number of carboxylic acid groups (broad SMARTS) is 1. The zero-order chi connectivity index (χ0) is 13.8. The van der Waals surface area contributed by atoms with Crippen molar-refractivity contribution < 1.29 is 15.0 Å². The van der Waals surface area contributed by atoms with Crippen LogP contribution in [0.5, 0.6) is 0 Å². The van der Waals surface area contributed by atoms with Gasteiger partial charge in [-0.1, -0.05) is 0 Å². The predicted octanol–water partition coefficient (Wildman–Crippen LogP) is 1.37. The molecule has 0 amide bonds. The second-order valence-corrected chi connectivity index (χ2v) is 5.16. The molecule has 2 N–H and O–H groups in total. The molecule has 1 aromatic heterocycles. The maximum atomic E-state index is 11.1. The third-order valence-electron chi connectivity index (χ3n) is 3.81. The van der Waals surface area contributed by atoms with Gasteiger partial charge in [0.25, 0.3) is 0 Å². The fourth-order valence-electron chi connectivity index (χ4n) is 2.56. The standard InChI is InChI=1S/C14H20N2O3/c1-10(17)11-4-7-16(8-5-11)9-13-12(14(18)19)3-2-6-15-13/h2-3,6,10-11,17H,4-5,7-9H2,1H3,(H,18,19). The van der Waals surface area contributed by atoms with Gasteiger partial charge in [0.15, 0.2) is 0 Å². The average Bonchev–Trinajstić information content (AvgIpc) is 2.39. The molecule has 1 fully saturated rings. The van der Waals surface area contributed by atoms with Crippen LogP contribution in [-0.2, 0) is 6.54 Å². The molecule has 1 saturated heterocycles. The highest BCUT2D eigenvalue weighted by Crippen LogP contribution is 2.22. The Bertz CT molecular complexity index is 440. The Hall–Kier alpha value is -1.46. The lowest BCUT2D eigenvalue weighted by Gasteiger charge is -2.33. The fourth-order valence-corrected chi connectivity index (χ4v) is 2.56. The second-order valence-electron chi connectivity index (χ2n) is 5.16. The van der Waals surface area contributed by atoms with Crippen molar-refractivity contribution in [1.82, 2.24) is 9.88 Å². The average molecular weight is 264 g/mol. The van der Waals surface area contributed by atoms with E-state index in [1.165, 1.54) is 0 Å². The van der Waals surface area contributed by atoms with Crippen molar-refractivity contribution in [2.75, 3.05) is 13.1 Å². The molecule has 1 aliphatic rings. The van der Waals surface area contributed by atoms with Gasteiger partial charge < -0.3 is 10.2 Å². The number of piperidine rings is 1. The van der Waals surface area contributed by atoms with Gasteiger partial charge in [-0.15, -0.1) is 0 Å². The highest BCUT2D eigenvalue weighted by atomic mass is 16.4. The fraction of sp³-hybridized carbons (Fsp3) is 0.571. The predicted molar refractivity (Wildman–Crippen MR) is 70.9 cm³/mol. The molecule has 1 unspecified atom stereocenters. The van der Waals surface area contributed by atoms with Crippen molar-refractivity contribution in [1.29, 1.82) is 0 Å². The van der Waals surface area contributed by atoms with Crippen molar-refractivity contribution in [2.45, 2.75) is 32.4 Å². The van der Waals surface area contributed by atoms with Crippen LogP contribution in [0.15, 0.2) is 18.3 Å². The normalized spacial score (nSPS) is 19.3. The first-order valence-corrected chi connectivity index (χ1v) is 6.65. The molecule has 2 heterocycles. The Balaban J connectivity index is 1.98. The highest BCUT2D eigenvalue weighted by Gasteiger charge is 2.23. The molecule has 5 nitrogen and oxygen atoms in total. The van der Waals surface area contributed by atoms with Gasteiger partial charge in [0, 0.05) is 12.7 Å². The lowest BCUT2D eigenvalue weighted by atomic mass is 9.92. The van der Waals surface area contributed by atoms with Crippen LogP contribution in [0.4, 0.5) is 0 Å². The molecule has 1 atom stereocenters. The molecular formula is C14H20N2O3. The first-order valence-electron chi connectivity index (χ1n) is 6.65. The van der Waals surface area contributed by atoms with Crippen LogP contribution < -0.4 is 0 Å². The summed E-state index contributed by atoms with van der Waals surface area (Å²) < 4.78 is 0. The minimum absolute atomic E-state index is 0.258. The maximum absolute atomic E-state index is 11.1. The minimum Gasteiger partial charge on any atom is -0.478 e. The van der Waals surface area contributed by atoms with Gasteiger partial charge in [-0.2, -0.15) is 0 Å². The van der Waals surface area contributed by atoms with Gasteiger partial charge in [0.1, 0.15) is 0 Å². The Labute approximate surface area is 112 Å². The van der Waals surface area contributed by atoms with Crippen molar-refractivity contribution in [2.24, 2.45) is 5.92 Å². The molecule has 2 rings (SSSR count). The number of rotatable bonds is 4. The molecule has 0 spiro atoms. The van der Waals surface area contributed by atoms with E-state index in [2.05, 4.69) is 9.88 Å². The molecule has 0 saturated carbocycles. The van der Waals surface area contributed by atoms with Crippen molar-refractivity contribution in [3.8, 4) is 0 Å². The Morgan fingerprint density at radius 2 is 2.21 bits per heavy atom. The largest absolute Gasteiger partial charge is 0.478 e. The Morgan fingerprint density at radius 1 is 1.53 bits per heavy atom. The summed E-state index contributed by atoms with van der Waals surface area (Å²) in [6.45, 7) is 4.16. The minimum atomic E-state index is -0.929. The van der Waals surface area contributed by atoms with Crippen molar-refractivity contribution in [3.05, 3.63) is 29.6 Å². The van der Waals surface area contributed by atoms with Crippen LogP contribution in [0.2, 0.25) is 0 Å². The topological polar surface area (TPSA) is 73.7 Å². The molecule has 0 aliphatic carbocycles. The zero-order valence-corrected chi connectivity index (χ0v) is 11.1. The Kier molecular flexibility index (Phi) is 4.50. The third-order valence-corrected chi connectivity index (χ3v) is 3.81. The number of aromatic nitrogens is 1. The van der Waals surface area contributed by atoms with E-state index in [1.807, 2.05) is 6.92 Å². The second kappa shape index (κ2) is 6.12. The molecule has 104 valence electrons. The van der Waals surface area contributed by atoms with E-state index in [9.17, 15) is 9.90 Å². The van der Waals surface area contributed by atoms with Gasteiger partial charge >= 0.3 is 5.97 Å². The van der Waals surface area contributed by atoms with E-state index in [1.54, 1.807) is 18.3 Å². The number of pyridine rings is 1. The summed E-state index contributed by atoms with van der Waals surface area (Å²) in [7, 11) is 0. The SMILES string of the molecule is CC(O)C1CCN(Cc2ncccc2C(=O)O)CC1. The molecule has 0 aromatic carbocycles. The van der Waals surface area contributed by atoms with Crippen LogP contribution in [-0.4, -0.2) is 45.3 Å². The number of aromatic carboxylic acids is 1. The maximum Gasteiger partial charge on any atom is 0.337 e. The Morgan fingerprint density at radius 3 is 2.79 bits per heavy atom. The van der Waals surface area contributed by atoms with E-state index >= 15 is 0 Å². The number of carbonyl (C=O) groups is 1. The van der Waals surface area contributed by atoms with Crippen LogP contribution >= 0.6 is 0 Å². The van der Waals surface area contributed by atoms with Crippen LogP contribution in [0.3, 0.4) is 0 Å². The molecule has 1 aliphatic heterocycles. The van der Waals surface area contributed by atoms with Gasteiger partial charge in [0.05, 0.1) is 17.4 Å². The molecule has 0 radical (unpaired) electrons. The first-order chi connectivity index (χ1) is 9.08. The summed E-state index contributed by atoms with van der Waals surface area (Å²) in [4.78, 5) is 17.5. The zero-order valence-electron chi connectivity index (χ0n) is 11.1. The molecular weight excluding hydrogens is 244 g/mol. The summed E-state index contributed by atoms with van der Waals surface area (Å²) in [6, 6.07) is 3.24. The van der Waals surface area contributed by atoms with Crippen molar-refractivity contribution in [3.63, 3.8) is 0 Å². The number of aliphatic hydroxyl groups is 1. The van der Waals surface area contributed by atoms with Gasteiger partial charge in [-0.25, -0.2) is 4.79 Å². The summed E-state index contributed by atoms with van der Waals surface area (Å²) in [5, 5.41) is 18.7. The van der Waals surface area contributed by atoms with Crippen LogP contribution in [0.1, 0.15) is 35.8 Å². The van der Waals surface area contributed by atoms with Gasteiger partial charge in [-0.3, -0.25) is 9.88 Å².